The molecule has 0 fully saturated rings. The van der Waals surface area contributed by atoms with E-state index in [1.165, 1.54) is 10.6 Å². The maximum absolute atomic E-state index is 11.9. The molecule has 0 spiro atoms. The van der Waals surface area contributed by atoms with Crippen LogP contribution >= 0.6 is 0 Å². The van der Waals surface area contributed by atoms with Gasteiger partial charge in [-0.3, -0.25) is 20.0 Å². The van der Waals surface area contributed by atoms with Crippen LogP contribution in [0.2, 0.25) is 0 Å². The summed E-state index contributed by atoms with van der Waals surface area (Å²) in [6.07, 6.45) is 0.235. The lowest BCUT2D eigenvalue weighted by molar-refractivity contribution is -0.115. The van der Waals surface area contributed by atoms with Crippen molar-refractivity contribution in [2.75, 3.05) is 5.32 Å². The second-order valence-corrected chi connectivity index (χ2v) is 4.65. The van der Waals surface area contributed by atoms with Gasteiger partial charge in [-0.2, -0.15) is 9.50 Å². The van der Waals surface area contributed by atoms with E-state index < -0.39 is 0 Å². The highest BCUT2D eigenvalue weighted by molar-refractivity contribution is 5.90. The van der Waals surface area contributed by atoms with E-state index in [-0.39, 0.29) is 29.6 Å². The van der Waals surface area contributed by atoms with Gasteiger partial charge in [-0.05, 0) is 12.5 Å². The number of nitrogens with one attached hydrogen (secondary N) is 2. The Labute approximate surface area is 119 Å². The molecule has 0 saturated carbocycles. The monoisotopic (exact) mass is 283 g/mol. The van der Waals surface area contributed by atoms with Gasteiger partial charge in [0.05, 0.1) is 6.42 Å². The van der Waals surface area contributed by atoms with Crippen molar-refractivity contribution in [1.82, 2.24) is 19.6 Å². The second-order valence-electron chi connectivity index (χ2n) is 4.65. The minimum Gasteiger partial charge on any atom is -0.295 e. The number of hydrogen-bond donors (Lipinski definition) is 2. The standard InChI is InChI=1S/C14H13N5O2/c1-9-7-12(21)19-14(15-9)17-13(18-19)16-11(20)8-10-5-3-2-4-6-10/h2-7H,8H2,1H3,(H2,15,16,17,18,20). The number of amides is 1. The van der Waals surface area contributed by atoms with Crippen LogP contribution in [0.4, 0.5) is 5.95 Å². The van der Waals surface area contributed by atoms with Gasteiger partial charge in [0.25, 0.3) is 11.3 Å². The fraction of sp³-hybridized carbons (Fsp3) is 0.143. The number of fused-ring (bicyclic) bond motifs is 1. The van der Waals surface area contributed by atoms with Gasteiger partial charge < -0.3 is 0 Å². The Morgan fingerprint density at radius 3 is 2.81 bits per heavy atom. The summed E-state index contributed by atoms with van der Waals surface area (Å²) in [6.45, 7) is 1.71. The lowest BCUT2D eigenvalue weighted by Gasteiger charge is -2.01. The molecule has 106 valence electrons. The summed E-state index contributed by atoms with van der Waals surface area (Å²) in [5.41, 5.74) is 1.21. The molecule has 7 nitrogen and oxygen atoms in total. The topological polar surface area (TPSA) is 92.2 Å². The number of aromatic nitrogens is 4. The first-order valence-corrected chi connectivity index (χ1v) is 6.42. The lowest BCUT2D eigenvalue weighted by Crippen LogP contribution is -2.17. The van der Waals surface area contributed by atoms with Crippen molar-refractivity contribution in [2.45, 2.75) is 13.3 Å². The van der Waals surface area contributed by atoms with Crippen LogP contribution in [-0.4, -0.2) is 25.5 Å². The molecule has 1 aromatic carbocycles. The number of rotatable bonds is 3. The van der Waals surface area contributed by atoms with Crippen LogP contribution in [-0.2, 0) is 11.2 Å². The first-order chi connectivity index (χ1) is 10.1. The summed E-state index contributed by atoms with van der Waals surface area (Å²) in [5, 5.41) is 5.33. The maximum atomic E-state index is 11.9. The third-order valence-electron chi connectivity index (χ3n) is 2.92. The van der Waals surface area contributed by atoms with Gasteiger partial charge in [0.15, 0.2) is 0 Å². The molecular formula is C14H13N5O2. The minimum atomic E-state index is -0.270. The highest BCUT2D eigenvalue weighted by Gasteiger charge is 2.09. The molecule has 21 heavy (non-hydrogen) atoms. The van der Waals surface area contributed by atoms with Gasteiger partial charge in [-0.25, -0.2) is 4.98 Å². The van der Waals surface area contributed by atoms with Crippen molar-refractivity contribution < 1.29 is 4.79 Å². The second kappa shape index (κ2) is 5.20. The van der Waals surface area contributed by atoms with Crippen LogP contribution in [0.25, 0.3) is 5.78 Å². The molecule has 7 heteroatoms. The molecule has 2 aromatic heterocycles. The number of carbonyl (C=O) groups is 1. The van der Waals surface area contributed by atoms with Crippen LogP contribution in [0.15, 0.2) is 41.2 Å². The van der Waals surface area contributed by atoms with E-state index in [4.69, 9.17) is 0 Å². The minimum absolute atomic E-state index is 0.200. The van der Waals surface area contributed by atoms with Crippen molar-refractivity contribution in [1.29, 1.82) is 0 Å². The molecule has 3 rings (SSSR count). The van der Waals surface area contributed by atoms with Gasteiger partial charge >= 0.3 is 0 Å². The van der Waals surface area contributed by atoms with E-state index in [0.29, 0.717) is 5.69 Å². The molecule has 0 aliphatic rings. The number of aryl methyl sites for hydroxylation is 1. The molecular weight excluding hydrogens is 270 g/mol. The number of nitrogens with zero attached hydrogens (tertiary/aromatic N) is 3. The summed E-state index contributed by atoms with van der Waals surface area (Å²) in [6, 6.07) is 10.8. The molecule has 0 radical (unpaired) electrons. The third kappa shape index (κ3) is 2.81. The van der Waals surface area contributed by atoms with E-state index in [1.807, 2.05) is 30.3 Å². The Balaban J connectivity index is 1.80. The Morgan fingerprint density at radius 2 is 2.05 bits per heavy atom. The molecule has 0 aliphatic heterocycles. The van der Waals surface area contributed by atoms with E-state index in [1.54, 1.807) is 6.92 Å². The number of aromatic amines is 1. The van der Waals surface area contributed by atoms with E-state index in [2.05, 4.69) is 20.4 Å². The van der Waals surface area contributed by atoms with Gasteiger partial charge in [0.2, 0.25) is 11.9 Å². The van der Waals surface area contributed by atoms with Gasteiger partial charge in [0.1, 0.15) is 0 Å². The number of hydrogen-bond acceptors (Lipinski definition) is 4. The van der Waals surface area contributed by atoms with Crippen molar-refractivity contribution in [3.8, 4) is 0 Å². The number of H-pyrrole nitrogens is 1. The summed E-state index contributed by atoms with van der Waals surface area (Å²) in [5.74, 6) is 0.214. The van der Waals surface area contributed by atoms with Crippen LogP contribution in [0.5, 0.6) is 0 Å². The summed E-state index contributed by atoms with van der Waals surface area (Å²) in [4.78, 5) is 31.9. The normalized spacial score (nSPS) is 10.7. The molecule has 1 amide bonds. The van der Waals surface area contributed by atoms with Gasteiger partial charge in [-0.1, -0.05) is 30.3 Å². The van der Waals surface area contributed by atoms with Crippen molar-refractivity contribution >= 4 is 17.6 Å². The lowest BCUT2D eigenvalue weighted by atomic mass is 10.1. The van der Waals surface area contributed by atoms with Crippen LogP contribution in [0, 0.1) is 6.92 Å². The zero-order valence-corrected chi connectivity index (χ0v) is 11.3. The van der Waals surface area contributed by atoms with Crippen LogP contribution in [0.3, 0.4) is 0 Å². The van der Waals surface area contributed by atoms with Gasteiger partial charge in [-0.15, -0.1) is 0 Å². The highest BCUT2D eigenvalue weighted by atomic mass is 16.2. The predicted molar refractivity (Wildman–Crippen MR) is 77.1 cm³/mol. The first-order valence-electron chi connectivity index (χ1n) is 6.42. The van der Waals surface area contributed by atoms with Crippen molar-refractivity contribution in [3.05, 3.63) is 58.0 Å². The smallest absolute Gasteiger partial charge is 0.274 e. The summed E-state index contributed by atoms with van der Waals surface area (Å²) in [7, 11) is 0. The van der Waals surface area contributed by atoms with Crippen LogP contribution < -0.4 is 10.9 Å². The van der Waals surface area contributed by atoms with E-state index in [9.17, 15) is 9.59 Å². The molecule has 0 unspecified atom stereocenters. The van der Waals surface area contributed by atoms with E-state index >= 15 is 0 Å². The molecule has 0 bridgehead atoms. The zero-order valence-electron chi connectivity index (χ0n) is 11.3. The largest absolute Gasteiger partial charge is 0.295 e. The Hall–Kier alpha value is -2.96. The Bertz CT molecular complexity index is 851. The average molecular weight is 283 g/mol. The maximum Gasteiger partial charge on any atom is 0.274 e. The summed E-state index contributed by atoms with van der Waals surface area (Å²) >= 11 is 0. The summed E-state index contributed by atoms with van der Waals surface area (Å²) < 4.78 is 1.19. The number of carbonyl (C=O) groups excluding carboxylic acids is 1. The van der Waals surface area contributed by atoms with Crippen molar-refractivity contribution in [3.63, 3.8) is 0 Å². The highest BCUT2D eigenvalue weighted by Crippen LogP contribution is 2.04. The molecule has 2 heterocycles. The van der Waals surface area contributed by atoms with Crippen LogP contribution in [0.1, 0.15) is 11.3 Å². The molecule has 2 N–H and O–H groups in total. The fourth-order valence-corrected chi connectivity index (χ4v) is 2.01. The average Bonchev–Trinajstić information content (AvgIpc) is 2.82. The first kappa shape index (κ1) is 13.0. The SMILES string of the molecule is Cc1cc(=O)n2[nH]c(NC(=O)Cc3ccccc3)nc2n1. The Morgan fingerprint density at radius 1 is 1.29 bits per heavy atom. The zero-order chi connectivity index (χ0) is 14.8. The third-order valence-corrected chi connectivity index (χ3v) is 2.92. The quantitative estimate of drug-likeness (QED) is 0.747. The Kier molecular flexibility index (Phi) is 3.23. The van der Waals surface area contributed by atoms with Crippen molar-refractivity contribution in [2.24, 2.45) is 0 Å². The van der Waals surface area contributed by atoms with Gasteiger partial charge in [0, 0.05) is 11.8 Å². The molecule has 0 aliphatic carbocycles. The number of anilines is 1. The molecule has 0 atom stereocenters. The fourth-order valence-electron chi connectivity index (χ4n) is 2.01. The number of benzene rings is 1. The predicted octanol–water partition coefficient (Wildman–Crippen LogP) is 0.907. The molecule has 3 aromatic rings. The molecule has 0 saturated heterocycles. The van der Waals surface area contributed by atoms with E-state index in [0.717, 1.165) is 5.56 Å².